The van der Waals surface area contributed by atoms with Crippen molar-refractivity contribution < 1.29 is 28.6 Å². The third-order valence-corrected chi connectivity index (χ3v) is 8.39. The van der Waals surface area contributed by atoms with E-state index in [1.54, 1.807) is 6.07 Å². The van der Waals surface area contributed by atoms with E-state index in [0.717, 1.165) is 41.6 Å². The van der Waals surface area contributed by atoms with Crippen LogP contribution in [0.3, 0.4) is 0 Å². The van der Waals surface area contributed by atoms with Crippen LogP contribution in [0.4, 0.5) is 4.39 Å². The zero-order chi connectivity index (χ0) is 23.2. The lowest BCUT2D eigenvalue weighted by molar-refractivity contribution is -0.141. The van der Waals surface area contributed by atoms with Crippen molar-refractivity contribution in [1.82, 2.24) is 4.90 Å². The summed E-state index contributed by atoms with van der Waals surface area (Å²) in [5.74, 6) is -0.0811. The molecule has 7 heteroatoms. The van der Waals surface area contributed by atoms with E-state index in [0.29, 0.717) is 12.4 Å². The molecule has 33 heavy (non-hydrogen) atoms. The number of carboxylic acid groups (broad SMARTS) is 1. The molecule has 4 fully saturated rings. The largest absolute Gasteiger partial charge is 0.493 e. The topological polar surface area (TPSA) is 76.1 Å². The molecular formula is C26H34FNO5. The summed E-state index contributed by atoms with van der Waals surface area (Å²) >= 11 is 0. The van der Waals surface area contributed by atoms with E-state index in [1.807, 2.05) is 0 Å². The number of aliphatic carboxylic acids is 1. The van der Waals surface area contributed by atoms with E-state index in [1.165, 1.54) is 44.6 Å². The first kappa shape index (κ1) is 22.6. The maximum absolute atomic E-state index is 15.2. The Hall–Kier alpha value is -2.15. The lowest BCUT2D eigenvalue weighted by Gasteiger charge is -2.47. The number of nitrogens with zero attached hydrogens (tertiary/aromatic N) is 1. The highest BCUT2D eigenvalue weighted by Gasteiger charge is 2.42. The van der Waals surface area contributed by atoms with Crippen LogP contribution in [0.5, 0.6) is 5.75 Å². The minimum absolute atomic E-state index is 0.0829. The average molecular weight is 460 g/mol. The second-order valence-corrected chi connectivity index (χ2v) is 10.7. The standard InChI is InChI=1S/C26H34FNO5/c1-2-26(11-16-4-3-5-17(8-16)12-26)14-33-23-10-21(27)20(9-19(23)18-6-7-18)24(29)28-15-32-13-22(28)25(30)31/h9-10,16-18,22H,2-8,11-15H2,1H3,(H,30,31)/t16?,17?,22-,26?/m0/s1. The molecule has 0 radical (unpaired) electrons. The van der Waals surface area contributed by atoms with Gasteiger partial charge in [0.2, 0.25) is 0 Å². The van der Waals surface area contributed by atoms with Crippen molar-refractivity contribution in [3.8, 4) is 5.75 Å². The SMILES string of the molecule is CCC1(COc2cc(F)c(C(=O)N3COC[C@H]3C(=O)O)cc2C2CC2)CC2CCCC(C2)C1. The van der Waals surface area contributed by atoms with Gasteiger partial charge in [-0.15, -0.1) is 0 Å². The van der Waals surface area contributed by atoms with Gasteiger partial charge in [-0.05, 0) is 67.9 Å². The van der Waals surface area contributed by atoms with Crippen molar-refractivity contribution in [1.29, 1.82) is 0 Å². The van der Waals surface area contributed by atoms with Crippen LogP contribution in [-0.4, -0.2) is 47.9 Å². The molecule has 1 heterocycles. The predicted octanol–water partition coefficient (Wildman–Crippen LogP) is 4.96. The van der Waals surface area contributed by atoms with Crippen LogP contribution < -0.4 is 4.74 Å². The summed E-state index contributed by atoms with van der Waals surface area (Å²) in [6.45, 7) is 2.60. The summed E-state index contributed by atoms with van der Waals surface area (Å²) in [5, 5.41) is 9.36. The van der Waals surface area contributed by atoms with Gasteiger partial charge in [0, 0.05) is 11.5 Å². The van der Waals surface area contributed by atoms with Gasteiger partial charge in [0.05, 0.1) is 18.8 Å². The number of ether oxygens (including phenoxy) is 2. The van der Waals surface area contributed by atoms with Crippen molar-refractivity contribution in [2.45, 2.75) is 76.7 Å². The average Bonchev–Trinajstić information content (AvgIpc) is 3.51. The molecule has 4 aliphatic rings. The van der Waals surface area contributed by atoms with Crippen molar-refractivity contribution in [2.75, 3.05) is 19.9 Å². The number of hydrogen-bond donors (Lipinski definition) is 1. The summed E-state index contributed by atoms with van der Waals surface area (Å²) in [4.78, 5) is 25.5. The van der Waals surface area contributed by atoms with Gasteiger partial charge in [0.15, 0.2) is 6.04 Å². The Bertz CT molecular complexity index is 918. The van der Waals surface area contributed by atoms with Crippen molar-refractivity contribution >= 4 is 11.9 Å². The predicted molar refractivity (Wildman–Crippen MR) is 120 cm³/mol. The smallest absolute Gasteiger partial charge is 0.328 e. The third kappa shape index (κ3) is 4.48. The molecule has 1 aromatic carbocycles. The molecule has 3 aliphatic carbocycles. The Kier molecular flexibility index (Phi) is 6.10. The fraction of sp³-hybridized carbons (Fsp3) is 0.692. The number of rotatable bonds is 7. The first-order valence-electron chi connectivity index (χ1n) is 12.5. The van der Waals surface area contributed by atoms with Crippen LogP contribution in [0.2, 0.25) is 0 Å². The minimum atomic E-state index is -1.15. The van der Waals surface area contributed by atoms with Crippen LogP contribution in [0.25, 0.3) is 0 Å². The third-order valence-electron chi connectivity index (χ3n) is 8.39. The van der Waals surface area contributed by atoms with Gasteiger partial charge in [-0.25, -0.2) is 9.18 Å². The molecular weight excluding hydrogens is 425 g/mol. The second kappa shape index (κ2) is 8.90. The number of carboxylic acids is 1. The Morgan fingerprint density at radius 1 is 1.21 bits per heavy atom. The Labute approximate surface area is 194 Å². The summed E-state index contributed by atoms with van der Waals surface area (Å²) < 4.78 is 26.7. The molecule has 1 N–H and O–H groups in total. The lowest BCUT2D eigenvalue weighted by Crippen LogP contribution is -2.42. The Morgan fingerprint density at radius 2 is 1.94 bits per heavy atom. The number of halogens is 1. The molecule has 2 bridgehead atoms. The van der Waals surface area contributed by atoms with E-state index in [-0.39, 0.29) is 30.2 Å². The number of benzene rings is 1. The highest BCUT2D eigenvalue weighted by atomic mass is 19.1. The molecule has 0 spiro atoms. The zero-order valence-corrected chi connectivity index (χ0v) is 19.4. The molecule has 0 aromatic heterocycles. The second-order valence-electron chi connectivity index (χ2n) is 10.7. The van der Waals surface area contributed by atoms with Crippen LogP contribution in [-0.2, 0) is 9.53 Å². The fourth-order valence-corrected chi connectivity index (χ4v) is 6.40. The lowest BCUT2D eigenvalue weighted by atomic mass is 9.60. The van der Waals surface area contributed by atoms with Gasteiger partial charge in [0.1, 0.15) is 18.3 Å². The molecule has 5 rings (SSSR count). The molecule has 1 aliphatic heterocycles. The van der Waals surface area contributed by atoms with Crippen molar-refractivity contribution in [3.63, 3.8) is 0 Å². The fourth-order valence-electron chi connectivity index (χ4n) is 6.40. The Balaban J connectivity index is 1.37. The van der Waals surface area contributed by atoms with E-state index in [2.05, 4.69) is 6.92 Å². The van der Waals surface area contributed by atoms with Crippen LogP contribution in [0.15, 0.2) is 12.1 Å². The maximum atomic E-state index is 15.2. The number of hydrogen-bond acceptors (Lipinski definition) is 4. The van der Waals surface area contributed by atoms with E-state index in [9.17, 15) is 14.7 Å². The van der Waals surface area contributed by atoms with Crippen LogP contribution >= 0.6 is 0 Å². The van der Waals surface area contributed by atoms with Crippen LogP contribution in [0, 0.1) is 23.1 Å². The highest BCUT2D eigenvalue weighted by molar-refractivity contribution is 5.97. The van der Waals surface area contributed by atoms with Gasteiger partial charge in [-0.3, -0.25) is 9.69 Å². The molecule has 3 saturated carbocycles. The van der Waals surface area contributed by atoms with Crippen LogP contribution in [0.1, 0.15) is 86.6 Å². The van der Waals surface area contributed by atoms with E-state index >= 15 is 4.39 Å². The molecule has 3 atom stereocenters. The summed E-state index contributed by atoms with van der Waals surface area (Å²) in [6, 6.07) is 1.85. The highest BCUT2D eigenvalue weighted by Crippen LogP contribution is 2.51. The van der Waals surface area contributed by atoms with Gasteiger partial charge < -0.3 is 14.6 Å². The maximum Gasteiger partial charge on any atom is 0.328 e. The van der Waals surface area contributed by atoms with Gasteiger partial charge in [-0.1, -0.05) is 26.2 Å². The van der Waals surface area contributed by atoms with Gasteiger partial charge >= 0.3 is 5.97 Å². The van der Waals surface area contributed by atoms with Gasteiger partial charge in [-0.2, -0.15) is 0 Å². The van der Waals surface area contributed by atoms with Crippen molar-refractivity contribution in [2.24, 2.45) is 17.3 Å². The van der Waals surface area contributed by atoms with Gasteiger partial charge in [0.25, 0.3) is 5.91 Å². The molecule has 1 amide bonds. The Morgan fingerprint density at radius 3 is 2.58 bits per heavy atom. The first-order valence-corrected chi connectivity index (χ1v) is 12.5. The summed E-state index contributed by atoms with van der Waals surface area (Å²) in [6.07, 6.45) is 10.7. The molecule has 1 saturated heterocycles. The number of carbonyl (C=O) groups excluding carboxylic acids is 1. The monoisotopic (exact) mass is 459 g/mol. The first-order chi connectivity index (χ1) is 15.9. The summed E-state index contributed by atoms with van der Waals surface area (Å²) in [5.41, 5.74) is 0.911. The quantitative estimate of drug-likeness (QED) is 0.624. The van der Waals surface area contributed by atoms with E-state index < -0.39 is 23.7 Å². The molecule has 6 nitrogen and oxygen atoms in total. The molecule has 1 aromatic rings. The number of amides is 1. The van der Waals surface area contributed by atoms with E-state index in [4.69, 9.17) is 9.47 Å². The molecule has 2 unspecified atom stereocenters. The normalized spacial score (nSPS) is 31.5. The number of fused-ring (bicyclic) bond motifs is 2. The minimum Gasteiger partial charge on any atom is -0.493 e. The zero-order valence-electron chi connectivity index (χ0n) is 19.4. The number of carbonyl (C=O) groups is 2. The van der Waals surface area contributed by atoms with Crippen molar-refractivity contribution in [3.05, 3.63) is 29.1 Å². The molecule has 180 valence electrons. The summed E-state index contributed by atoms with van der Waals surface area (Å²) in [7, 11) is 0.